The van der Waals surface area contributed by atoms with Crippen LogP contribution in [0.15, 0.2) is 41.7 Å². The fourth-order valence-electron chi connectivity index (χ4n) is 3.84. The lowest BCUT2D eigenvalue weighted by Gasteiger charge is -2.19. The third-order valence-electron chi connectivity index (χ3n) is 5.48. The smallest absolute Gasteiger partial charge is 0.366 e. The van der Waals surface area contributed by atoms with Crippen molar-refractivity contribution in [2.45, 2.75) is 38.4 Å². The van der Waals surface area contributed by atoms with Gasteiger partial charge in [0.1, 0.15) is 23.0 Å². The molecule has 0 aliphatic carbocycles. The summed E-state index contributed by atoms with van der Waals surface area (Å²) in [6.07, 6.45) is 4.64. The number of fused-ring (bicyclic) bond motifs is 1. The number of nitrogens with one attached hydrogen (secondary N) is 2. The number of hydrogen-bond acceptors (Lipinski definition) is 4. The number of carbonyl (C=O) groups excluding carboxylic acids is 1. The zero-order valence-electron chi connectivity index (χ0n) is 18.0. The van der Waals surface area contributed by atoms with Crippen LogP contribution in [0.25, 0.3) is 22.3 Å². The van der Waals surface area contributed by atoms with Crippen LogP contribution in [0.4, 0.5) is 13.2 Å². The van der Waals surface area contributed by atoms with E-state index in [1.807, 2.05) is 0 Å². The molecule has 0 aromatic carbocycles. The van der Waals surface area contributed by atoms with Crippen molar-refractivity contribution in [2.24, 2.45) is 0 Å². The van der Waals surface area contributed by atoms with Crippen molar-refractivity contribution in [2.75, 3.05) is 13.1 Å². The number of pyridine rings is 1. The number of hydrogen-bond donors (Lipinski definition) is 2. The summed E-state index contributed by atoms with van der Waals surface area (Å²) in [5.41, 5.74) is 0.135. The molecule has 2 N–H and O–H groups in total. The van der Waals surface area contributed by atoms with Crippen molar-refractivity contribution < 1.29 is 18.0 Å². The average molecular weight is 495 g/mol. The number of likely N-dealkylation sites (tertiary alicyclic amines) is 1. The summed E-state index contributed by atoms with van der Waals surface area (Å²) in [5, 5.41) is 4.34. The van der Waals surface area contributed by atoms with Gasteiger partial charge in [0.15, 0.2) is 5.43 Å². The summed E-state index contributed by atoms with van der Waals surface area (Å²) in [4.78, 5) is 36.3. The molecule has 1 saturated heterocycles. The maximum absolute atomic E-state index is 13.3. The van der Waals surface area contributed by atoms with Gasteiger partial charge in [0.2, 0.25) is 0 Å². The van der Waals surface area contributed by atoms with Gasteiger partial charge in [0.25, 0.3) is 5.91 Å². The lowest BCUT2D eigenvalue weighted by Crippen LogP contribution is -2.32. The van der Waals surface area contributed by atoms with Gasteiger partial charge in [-0.15, -0.1) is 0 Å². The van der Waals surface area contributed by atoms with Crippen LogP contribution < -0.4 is 5.43 Å². The number of carbonyl (C=O) groups is 1. The molecule has 34 heavy (non-hydrogen) atoms. The molecule has 0 atom stereocenters. The van der Waals surface area contributed by atoms with Crippen molar-refractivity contribution in [3.8, 4) is 11.4 Å². The molecule has 3 aromatic rings. The zero-order valence-corrected chi connectivity index (χ0v) is 18.8. The minimum absolute atomic E-state index is 0.0651. The topological polar surface area (TPSA) is 99.7 Å². The van der Waals surface area contributed by atoms with Crippen molar-refractivity contribution in [1.82, 2.24) is 29.6 Å². The van der Waals surface area contributed by atoms with Gasteiger partial charge in [-0.3, -0.25) is 19.3 Å². The van der Waals surface area contributed by atoms with Crippen molar-refractivity contribution >= 4 is 28.4 Å². The zero-order chi connectivity index (χ0) is 24.3. The van der Waals surface area contributed by atoms with Crippen LogP contribution in [0.1, 0.15) is 36.2 Å². The second kappa shape index (κ2) is 9.88. The Kier molecular flexibility index (Phi) is 6.92. The molecule has 4 heterocycles. The molecule has 0 radical (unpaired) electrons. The predicted octanol–water partition coefficient (Wildman–Crippen LogP) is 4.47. The van der Waals surface area contributed by atoms with E-state index in [0.717, 1.165) is 30.4 Å². The van der Waals surface area contributed by atoms with Gasteiger partial charge in [-0.1, -0.05) is 24.4 Å². The molecule has 8 nitrogen and oxygen atoms in total. The quantitative estimate of drug-likeness (QED) is 0.561. The van der Waals surface area contributed by atoms with Crippen LogP contribution >= 0.6 is 11.6 Å². The highest BCUT2D eigenvalue weighted by molar-refractivity contribution is 6.30. The molecule has 3 aromatic heterocycles. The molecule has 4 rings (SSSR count). The molecule has 1 fully saturated rings. The number of nitrogens with zero attached hydrogens (tertiary/aromatic N) is 4. The van der Waals surface area contributed by atoms with E-state index in [0.29, 0.717) is 18.5 Å². The van der Waals surface area contributed by atoms with Gasteiger partial charge < -0.3 is 14.9 Å². The lowest BCUT2D eigenvalue weighted by molar-refractivity contribution is -0.141. The van der Waals surface area contributed by atoms with Crippen LogP contribution in [0, 0.1) is 0 Å². The standard InChI is InChI=1S/C22H22ClF3N6O2/c23-15-11-29-17(12-27-6-5-19(15)33)20-14-10-28-16(21(34)31-7-3-1-2-4-8-31)9-18(14)32(30-20)13-22(24,25)26/h5-6,9-12,27,29H,1-4,7-8,13H2. The third-order valence-corrected chi connectivity index (χ3v) is 5.78. The largest absolute Gasteiger partial charge is 0.408 e. The highest BCUT2D eigenvalue weighted by atomic mass is 35.5. The molecule has 0 spiro atoms. The highest BCUT2D eigenvalue weighted by Gasteiger charge is 2.31. The second-order valence-electron chi connectivity index (χ2n) is 7.97. The van der Waals surface area contributed by atoms with E-state index >= 15 is 0 Å². The Morgan fingerprint density at radius 1 is 1.15 bits per heavy atom. The van der Waals surface area contributed by atoms with E-state index in [-0.39, 0.29) is 33.5 Å². The van der Waals surface area contributed by atoms with Gasteiger partial charge in [0.05, 0.1) is 11.2 Å². The van der Waals surface area contributed by atoms with Crippen LogP contribution in [0.2, 0.25) is 5.02 Å². The number of aromatic nitrogens is 5. The molecule has 12 heteroatoms. The predicted molar refractivity (Wildman–Crippen MR) is 121 cm³/mol. The number of H-pyrrole nitrogens is 2. The Balaban J connectivity index is 1.84. The molecular formula is C22H22ClF3N6O2. The van der Waals surface area contributed by atoms with Crippen LogP contribution in [-0.2, 0) is 6.54 Å². The molecule has 1 aliphatic rings. The van der Waals surface area contributed by atoms with Gasteiger partial charge in [-0.05, 0) is 18.9 Å². The van der Waals surface area contributed by atoms with E-state index in [1.54, 1.807) is 4.90 Å². The van der Waals surface area contributed by atoms with E-state index in [9.17, 15) is 22.8 Å². The van der Waals surface area contributed by atoms with E-state index in [1.165, 1.54) is 36.9 Å². The van der Waals surface area contributed by atoms with E-state index in [4.69, 9.17) is 11.6 Å². The molecule has 1 aliphatic heterocycles. The summed E-state index contributed by atoms with van der Waals surface area (Å²) in [7, 11) is 0. The summed E-state index contributed by atoms with van der Waals surface area (Å²) in [6.45, 7) is -0.165. The SMILES string of the molecule is O=C(c1cc2c(cn1)c(-c1c[nH]ccc(=O)c(Cl)c[nH]1)nn2CC(F)(F)F)N1CCCCCC1. The van der Waals surface area contributed by atoms with Gasteiger partial charge in [-0.25, -0.2) is 0 Å². The fourth-order valence-corrected chi connectivity index (χ4v) is 3.95. The summed E-state index contributed by atoms with van der Waals surface area (Å²) >= 11 is 5.93. The average Bonchev–Trinajstić information content (AvgIpc) is 2.97. The lowest BCUT2D eigenvalue weighted by atomic mass is 10.2. The first-order valence-corrected chi connectivity index (χ1v) is 11.1. The second-order valence-corrected chi connectivity index (χ2v) is 8.38. The minimum atomic E-state index is -4.54. The first-order chi connectivity index (χ1) is 16.2. The first-order valence-electron chi connectivity index (χ1n) is 10.8. The summed E-state index contributed by atoms with van der Waals surface area (Å²) < 4.78 is 40.7. The van der Waals surface area contributed by atoms with Crippen molar-refractivity contribution in [3.05, 3.63) is 57.9 Å². The van der Waals surface area contributed by atoms with Crippen LogP contribution in [-0.4, -0.2) is 54.8 Å². The summed E-state index contributed by atoms with van der Waals surface area (Å²) in [6, 6.07) is 2.56. The normalized spacial score (nSPS) is 14.6. The van der Waals surface area contributed by atoms with Crippen LogP contribution in [0.3, 0.4) is 0 Å². The highest BCUT2D eigenvalue weighted by Crippen LogP contribution is 2.29. The fraction of sp³-hybridized carbons (Fsp3) is 0.364. The molecule has 0 unspecified atom stereocenters. The number of alkyl halides is 3. The van der Waals surface area contributed by atoms with Gasteiger partial charge >= 0.3 is 6.18 Å². The Bertz CT molecular complexity index is 1300. The monoisotopic (exact) mass is 494 g/mol. The molecule has 180 valence electrons. The molecule has 1 amide bonds. The van der Waals surface area contributed by atoms with Crippen molar-refractivity contribution in [1.29, 1.82) is 0 Å². The maximum atomic E-state index is 13.3. The number of amides is 1. The maximum Gasteiger partial charge on any atom is 0.408 e. The number of aromatic amines is 2. The number of rotatable bonds is 3. The molecular weight excluding hydrogens is 473 g/mol. The van der Waals surface area contributed by atoms with E-state index < -0.39 is 18.1 Å². The van der Waals surface area contributed by atoms with Gasteiger partial charge in [0, 0.05) is 49.3 Å². The van der Waals surface area contributed by atoms with Crippen molar-refractivity contribution in [3.63, 3.8) is 0 Å². The Morgan fingerprint density at radius 3 is 2.59 bits per heavy atom. The Hall–Kier alpha value is -3.34. The Morgan fingerprint density at radius 2 is 1.88 bits per heavy atom. The summed E-state index contributed by atoms with van der Waals surface area (Å²) in [5.74, 6) is -0.315. The van der Waals surface area contributed by atoms with E-state index in [2.05, 4.69) is 20.1 Å². The minimum Gasteiger partial charge on any atom is -0.366 e. The third kappa shape index (κ3) is 5.41. The number of halogens is 4. The Labute approximate surface area is 197 Å². The first kappa shape index (κ1) is 23.8. The van der Waals surface area contributed by atoms with Gasteiger partial charge in [-0.2, -0.15) is 18.3 Å². The molecule has 0 saturated carbocycles. The molecule has 0 bridgehead atoms. The van der Waals surface area contributed by atoms with Crippen LogP contribution in [0.5, 0.6) is 0 Å².